The summed E-state index contributed by atoms with van der Waals surface area (Å²) >= 11 is 0. The summed E-state index contributed by atoms with van der Waals surface area (Å²) in [6, 6.07) is 5.12. The van der Waals surface area contributed by atoms with Gasteiger partial charge >= 0.3 is 5.97 Å². The molecule has 0 aromatic heterocycles. The lowest BCUT2D eigenvalue weighted by atomic mass is 9.95. The second-order valence-corrected chi connectivity index (χ2v) is 7.72. The van der Waals surface area contributed by atoms with Gasteiger partial charge in [-0.15, -0.1) is 0 Å². The van der Waals surface area contributed by atoms with Crippen molar-refractivity contribution in [1.82, 2.24) is 10.2 Å². The monoisotopic (exact) mass is 374 g/mol. The maximum atomic E-state index is 12.9. The summed E-state index contributed by atoms with van der Waals surface area (Å²) in [4.78, 5) is 39.2. The van der Waals surface area contributed by atoms with E-state index < -0.39 is 12.0 Å². The highest BCUT2D eigenvalue weighted by Gasteiger charge is 2.32. The lowest BCUT2D eigenvalue weighted by Gasteiger charge is -2.33. The van der Waals surface area contributed by atoms with Gasteiger partial charge in [0.25, 0.3) is 5.91 Å². The molecule has 1 aliphatic heterocycles. The zero-order chi connectivity index (χ0) is 20.1. The minimum atomic E-state index is -0.673. The Kier molecular flexibility index (Phi) is 6.99. The fraction of sp³-hybridized carbons (Fsp3) is 0.571. The van der Waals surface area contributed by atoms with Crippen LogP contribution in [0.15, 0.2) is 18.2 Å². The molecule has 0 bridgehead atoms. The van der Waals surface area contributed by atoms with Crippen LogP contribution in [-0.4, -0.2) is 48.9 Å². The van der Waals surface area contributed by atoms with Crippen LogP contribution in [0.4, 0.5) is 0 Å². The number of hydrogen-bond acceptors (Lipinski definition) is 4. The van der Waals surface area contributed by atoms with Crippen molar-refractivity contribution in [3.05, 3.63) is 34.9 Å². The zero-order valence-electron chi connectivity index (χ0n) is 16.9. The Bertz CT molecular complexity index is 694. The largest absolute Gasteiger partial charge is 0.467 e. The number of piperidine rings is 1. The molecular weight excluding hydrogens is 344 g/mol. The van der Waals surface area contributed by atoms with Crippen molar-refractivity contribution in [2.45, 2.75) is 46.6 Å². The molecule has 1 saturated heterocycles. The number of nitrogens with zero attached hydrogens (tertiary/aromatic N) is 1. The van der Waals surface area contributed by atoms with E-state index >= 15 is 0 Å². The lowest BCUT2D eigenvalue weighted by molar-refractivity contribution is -0.147. The molecule has 0 saturated carbocycles. The van der Waals surface area contributed by atoms with Gasteiger partial charge in [0.2, 0.25) is 5.91 Å². The molecule has 1 heterocycles. The van der Waals surface area contributed by atoms with Gasteiger partial charge in [-0.05, 0) is 44.7 Å². The first-order valence-corrected chi connectivity index (χ1v) is 9.48. The molecule has 0 spiro atoms. The molecule has 0 aliphatic carbocycles. The fourth-order valence-corrected chi connectivity index (χ4v) is 3.55. The smallest absolute Gasteiger partial charge is 0.328 e. The van der Waals surface area contributed by atoms with Crippen LogP contribution in [0.1, 0.15) is 48.2 Å². The highest BCUT2D eigenvalue weighted by Crippen LogP contribution is 2.20. The number of amides is 2. The second kappa shape index (κ2) is 9.02. The Hall–Kier alpha value is -2.37. The number of aryl methyl sites for hydroxylation is 2. The number of likely N-dealkylation sites (tertiary alicyclic amines) is 1. The van der Waals surface area contributed by atoms with Crippen LogP contribution < -0.4 is 5.32 Å². The minimum absolute atomic E-state index is 0.0484. The Morgan fingerprint density at radius 1 is 1.15 bits per heavy atom. The standard InChI is InChI=1S/C21H30N2O4/c1-13(2)18(21(26)27-5)22-19(24)16-7-6-8-23(12-16)20(25)17-10-14(3)9-15(4)11-17/h9-11,13,16,18H,6-8,12H2,1-5H3,(H,22,24)/t16-,18+/m1/s1. The van der Waals surface area contributed by atoms with E-state index in [0.29, 0.717) is 25.1 Å². The SMILES string of the molecule is COC(=O)[C@@H](NC(=O)[C@@H]1CCCN(C(=O)c2cc(C)cc(C)c2)C1)C(C)C. The molecule has 1 aromatic rings. The molecule has 0 radical (unpaired) electrons. The summed E-state index contributed by atoms with van der Waals surface area (Å²) in [5.41, 5.74) is 2.74. The second-order valence-electron chi connectivity index (χ2n) is 7.72. The number of carbonyl (C=O) groups is 3. The van der Waals surface area contributed by atoms with Crippen molar-refractivity contribution in [1.29, 1.82) is 0 Å². The lowest BCUT2D eigenvalue weighted by Crippen LogP contribution is -2.51. The highest BCUT2D eigenvalue weighted by molar-refractivity contribution is 5.95. The average molecular weight is 374 g/mol. The van der Waals surface area contributed by atoms with Gasteiger partial charge in [-0.25, -0.2) is 4.79 Å². The van der Waals surface area contributed by atoms with Crippen LogP contribution in [0.25, 0.3) is 0 Å². The summed E-state index contributed by atoms with van der Waals surface area (Å²) in [5, 5.41) is 2.80. The van der Waals surface area contributed by atoms with E-state index in [1.54, 1.807) is 4.90 Å². The third-order valence-corrected chi connectivity index (χ3v) is 4.97. The van der Waals surface area contributed by atoms with Crippen LogP contribution in [-0.2, 0) is 14.3 Å². The maximum absolute atomic E-state index is 12.9. The molecule has 2 rings (SSSR count). The zero-order valence-corrected chi connectivity index (χ0v) is 16.9. The molecule has 1 fully saturated rings. The predicted molar refractivity (Wildman–Crippen MR) is 103 cm³/mol. The van der Waals surface area contributed by atoms with Crippen molar-refractivity contribution in [2.24, 2.45) is 11.8 Å². The van der Waals surface area contributed by atoms with Crippen LogP contribution in [0.3, 0.4) is 0 Å². The first-order valence-electron chi connectivity index (χ1n) is 9.48. The predicted octanol–water partition coefficient (Wildman–Crippen LogP) is 2.47. The number of nitrogens with one attached hydrogen (secondary N) is 1. The van der Waals surface area contributed by atoms with E-state index in [1.807, 2.05) is 45.9 Å². The van der Waals surface area contributed by atoms with Gasteiger partial charge in [0.05, 0.1) is 13.0 Å². The molecule has 1 aliphatic rings. The van der Waals surface area contributed by atoms with Crippen molar-refractivity contribution < 1.29 is 19.1 Å². The van der Waals surface area contributed by atoms with E-state index in [9.17, 15) is 14.4 Å². The minimum Gasteiger partial charge on any atom is -0.467 e. The Balaban J connectivity index is 2.07. The maximum Gasteiger partial charge on any atom is 0.328 e. The summed E-state index contributed by atoms with van der Waals surface area (Å²) in [6.07, 6.45) is 1.47. The molecule has 6 heteroatoms. The first kappa shape index (κ1) is 20.9. The van der Waals surface area contributed by atoms with Crippen LogP contribution in [0, 0.1) is 25.7 Å². The molecule has 1 aromatic carbocycles. The van der Waals surface area contributed by atoms with Crippen LogP contribution >= 0.6 is 0 Å². The van der Waals surface area contributed by atoms with Crippen molar-refractivity contribution in [3.8, 4) is 0 Å². The van der Waals surface area contributed by atoms with E-state index in [4.69, 9.17) is 4.74 Å². The summed E-state index contributed by atoms with van der Waals surface area (Å²) in [5.74, 6) is -1.08. The molecular formula is C21H30N2O4. The number of carbonyl (C=O) groups excluding carboxylic acids is 3. The number of ether oxygens (including phenoxy) is 1. The Morgan fingerprint density at radius 2 is 1.78 bits per heavy atom. The summed E-state index contributed by atoms with van der Waals surface area (Å²) in [6.45, 7) is 8.66. The van der Waals surface area contributed by atoms with Gasteiger partial charge in [-0.1, -0.05) is 31.0 Å². The quantitative estimate of drug-likeness (QED) is 0.804. The molecule has 2 atom stereocenters. The number of rotatable bonds is 5. The van der Waals surface area contributed by atoms with E-state index in [1.165, 1.54) is 7.11 Å². The van der Waals surface area contributed by atoms with Crippen LogP contribution in [0.5, 0.6) is 0 Å². The number of esters is 1. The van der Waals surface area contributed by atoms with Crippen molar-refractivity contribution >= 4 is 17.8 Å². The number of methoxy groups -OCH3 is 1. The van der Waals surface area contributed by atoms with Crippen molar-refractivity contribution in [3.63, 3.8) is 0 Å². The highest BCUT2D eigenvalue weighted by atomic mass is 16.5. The Labute approximate surface area is 161 Å². The van der Waals surface area contributed by atoms with E-state index in [2.05, 4.69) is 5.32 Å². The van der Waals surface area contributed by atoms with E-state index in [-0.39, 0.29) is 23.7 Å². The van der Waals surface area contributed by atoms with Crippen LogP contribution in [0.2, 0.25) is 0 Å². The average Bonchev–Trinajstić information content (AvgIpc) is 2.63. The molecule has 6 nitrogen and oxygen atoms in total. The molecule has 2 amide bonds. The molecule has 27 heavy (non-hydrogen) atoms. The third kappa shape index (κ3) is 5.31. The van der Waals surface area contributed by atoms with E-state index in [0.717, 1.165) is 17.5 Å². The Morgan fingerprint density at radius 3 is 2.33 bits per heavy atom. The van der Waals surface area contributed by atoms with Gasteiger partial charge in [0.15, 0.2) is 0 Å². The van der Waals surface area contributed by atoms with Gasteiger partial charge < -0.3 is 15.0 Å². The van der Waals surface area contributed by atoms with Gasteiger partial charge in [0.1, 0.15) is 6.04 Å². The molecule has 1 N–H and O–H groups in total. The summed E-state index contributed by atoms with van der Waals surface area (Å²) < 4.78 is 4.78. The molecule has 148 valence electrons. The topological polar surface area (TPSA) is 75.7 Å². The molecule has 0 unspecified atom stereocenters. The third-order valence-electron chi connectivity index (χ3n) is 4.97. The summed E-state index contributed by atoms with van der Waals surface area (Å²) in [7, 11) is 1.31. The van der Waals surface area contributed by atoms with Crippen molar-refractivity contribution in [2.75, 3.05) is 20.2 Å². The first-order chi connectivity index (χ1) is 12.7. The number of benzene rings is 1. The number of hydrogen-bond donors (Lipinski definition) is 1. The van der Waals surface area contributed by atoms with Gasteiger partial charge in [-0.3, -0.25) is 9.59 Å². The fourth-order valence-electron chi connectivity index (χ4n) is 3.55. The normalized spacial score (nSPS) is 18.1. The van der Waals surface area contributed by atoms with Gasteiger partial charge in [0, 0.05) is 18.7 Å². The van der Waals surface area contributed by atoms with Gasteiger partial charge in [-0.2, -0.15) is 0 Å².